The molecule has 6 heteroatoms. The second-order valence-electron chi connectivity index (χ2n) is 8.04. The van der Waals surface area contributed by atoms with Gasteiger partial charge in [-0.2, -0.15) is 0 Å². The number of ether oxygens (including phenoxy) is 3. The molecule has 2 atom stereocenters. The molecular weight excluding hydrogens is 396 g/mol. The first kappa shape index (κ1) is 21.0. The standard InChI is InChI=1S/C25H26O6/c1-29-20-9-6-16(7-10-20)22(26)13-19(25(27)28)12-17-4-2-3-5-21(17)18-8-11-23-24(14-18)31-15-30-23/h6-11,13-14,17,21H,2-5,12,15H2,1H3,(H,27,28). The smallest absolute Gasteiger partial charge is 0.331 e. The number of aliphatic carboxylic acids is 1. The summed E-state index contributed by atoms with van der Waals surface area (Å²) < 4.78 is 16.0. The van der Waals surface area contributed by atoms with Gasteiger partial charge in [0.1, 0.15) is 5.75 Å². The van der Waals surface area contributed by atoms with Crippen molar-refractivity contribution < 1.29 is 28.9 Å². The van der Waals surface area contributed by atoms with Crippen LogP contribution in [0.5, 0.6) is 17.2 Å². The Hall–Kier alpha value is -3.28. The van der Waals surface area contributed by atoms with Gasteiger partial charge in [0.2, 0.25) is 6.79 Å². The SMILES string of the molecule is COc1ccc(C(=O)C=C(CC2CCCCC2c2ccc3c(c2)OCO3)C(=O)O)cc1. The molecule has 2 aromatic carbocycles. The van der Waals surface area contributed by atoms with Crippen LogP contribution >= 0.6 is 0 Å². The van der Waals surface area contributed by atoms with Crippen LogP contribution in [-0.2, 0) is 4.79 Å². The molecule has 0 bridgehead atoms. The van der Waals surface area contributed by atoms with Crippen molar-refractivity contribution in [2.45, 2.75) is 38.0 Å². The number of allylic oxidation sites excluding steroid dienone is 1. The molecule has 162 valence electrons. The van der Waals surface area contributed by atoms with E-state index in [1.807, 2.05) is 18.2 Å². The number of rotatable bonds is 7. The van der Waals surface area contributed by atoms with E-state index in [1.54, 1.807) is 31.4 Å². The van der Waals surface area contributed by atoms with E-state index in [0.717, 1.165) is 42.7 Å². The van der Waals surface area contributed by atoms with Crippen LogP contribution in [0.3, 0.4) is 0 Å². The fourth-order valence-corrected chi connectivity index (χ4v) is 4.52. The topological polar surface area (TPSA) is 82.1 Å². The Morgan fingerprint density at radius 2 is 1.81 bits per heavy atom. The molecule has 1 heterocycles. The third-order valence-electron chi connectivity index (χ3n) is 6.17. The highest BCUT2D eigenvalue weighted by Crippen LogP contribution is 2.44. The predicted molar refractivity (Wildman–Crippen MR) is 115 cm³/mol. The summed E-state index contributed by atoms with van der Waals surface area (Å²) >= 11 is 0. The van der Waals surface area contributed by atoms with Crippen molar-refractivity contribution in [1.82, 2.24) is 0 Å². The highest BCUT2D eigenvalue weighted by molar-refractivity contribution is 6.08. The van der Waals surface area contributed by atoms with E-state index in [-0.39, 0.29) is 30.0 Å². The monoisotopic (exact) mass is 422 g/mol. The van der Waals surface area contributed by atoms with Crippen molar-refractivity contribution >= 4 is 11.8 Å². The number of benzene rings is 2. The molecule has 31 heavy (non-hydrogen) atoms. The second-order valence-corrected chi connectivity index (χ2v) is 8.04. The molecule has 2 unspecified atom stereocenters. The summed E-state index contributed by atoms with van der Waals surface area (Å²) in [7, 11) is 1.56. The van der Waals surface area contributed by atoms with E-state index in [4.69, 9.17) is 14.2 Å². The molecule has 1 fully saturated rings. The normalized spacial score (nSPS) is 20.4. The zero-order valence-corrected chi connectivity index (χ0v) is 17.5. The second kappa shape index (κ2) is 9.25. The molecule has 1 aliphatic carbocycles. The molecule has 1 aliphatic heterocycles. The maximum absolute atomic E-state index is 12.7. The van der Waals surface area contributed by atoms with E-state index >= 15 is 0 Å². The number of fused-ring (bicyclic) bond motifs is 1. The number of carbonyl (C=O) groups is 2. The lowest BCUT2D eigenvalue weighted by atomic mass is 9.72. The number of carboxylic acid groups (broad SMARTS) is 1. The first-order valence-corrected chi connectivity index (χ1v) is 10.6. The summed E-state index contributed by atoms with van der Waals surface area (Å²) in [6.07, 6.45) is 5.72. The lowest BCUT2D eigenvalue weighted by Gasteiger charge is -2.32. The third-order valence-corrected chi connectivity index (χ3v) is 6.17. The van der Waals surface area contributed by atoms with Gasteiger partial charge in [0.25, 0.3) is 0 Å². The Morgan fingerprint density at radius 1 is 1.06 bits per heavy atom. The van der Waals surface area contributed by atoms with Gasteiger partial charge in [-0.05, 0) is 79.1 Å². The zero-order chi connectivity index (χ0) is 21.8. The van der Waals surface area contributed by atoms with Crippen molar-refractivity contribution in [1.29, 1.82) is 0 Å². The summed E-state index contributed by atoms with van der Waals surface area (Å²) in [5.41, 5.74) is 1.73. The van der Waals surface area contributed by atoms with Gasteiger partial charge in [-0.25, -0.2) is 4.79 Å². The molecule has 6 nitrogen and oxygen atoms in total. The Kier molecular flexibility index (Phi) is 6.26. The van der Waals surface area contributed by atoms with Crippen molar-refractivity contribution in [2.24, 2.45) is 5.92 Å². The number of carbonyl (C=O) groups excluding carboxylic acids is 1. The number of carboxylic acids is 1. The molecule has 2 aliphatic rings. The fourth-order valence-electron chi connectivity index (χ4n) is 4.52. The van der Waals surface area contributed by atoms with Gasteiger partial charge in [-0.15, -0.1) is 0 Å². The fraction of sp³-hybridized carbons (Fsp3) is 0.360. The van der Waals surface area contributed by atoms with Gasteiger partial charge in [0.05, 0.1) is 7.11 Å². The lowest BCUT2D eigenvalue weighted by Crippen LogP contribution is -2.20. The number of methoxy groups -OCH3 is 1. The highest BCUT2D eigenvalue weighted by atomic mass is 16.7. The van der Waals surface area contributed by atoms with Gasteiger partial charge >= 0.3 is 5.97 Å². The average molecular weight is 422 g/mol. The largest absolute Gasteiger partial charge is 0.497 e. The van der Waals surface area contributed by atoms with Crippen LogP contribution in [0.1, 0.15) is 53.9 Å². The van der Waals surface area contributed by atoms with E-state index < -0.39 is 5.97 Å². The molecule has 1 saturated carbocycles. The quantitative estimate of drug-likeness (QED) is 0.500. The Balaban J connectivity index is 1.54. The number of hydrogen-bond donors (Lipinski definition) is 1. The summed E-state index contributed by atoms with van der Waals surface area (Å²) in [6.45, 7) is 0.228. The van der Waals surface area contributed by atoms with Gasteiger partial charge in [0.15, 0.2) is 17.3 Å². The van der Waals surface area contributed by atoms with E-state index in [1.165, 1.54) is 6.08 Å². The van der Waals surface area contributed by atoms with Crippen molar-refractivity contribution in [2.75, 3.05) is 13.9 Å². The van der Waals surface area contributed by atoms with Gasteiger partial charge in [-0.3, -0.25) is 4.79 Å². The molecule has 0 saturated heterocycles. The van der Waals surface area contributed by atoms with Gasteiger partial charge in [0, 0.05) is 11.1 Å². The molecule has 0 aromatic heterocycles. The number of ketones is 1. The van der Waals surface area contributed by atoms with E-state index in [9.17, 15) is 14.7 Å². The molecule has 0 radical (unpaired) electrons. The minimum atomic E-state index is -1.04. The van der Waals surface area contributed by atoms with Crippen molar-refractivity contribution in [3.63, 3.8) is 0 Å². The maximum Gasteiger partial charge on any atom is 0.331 e. The van der Waals surface area contributed by atoms with Crippen LogP contribution in [0, 0.1) is 5.92 Å². The van der Waals surface area contributed by atoms with Crippen molar-refractivity contribution in [3.05, 3.63) is 65.2 Å². The summed E-state index contributed by atoms with van der Waals surface area (Å²) in [5.74, 6) is 1.15. The number of hydrogen-bond acceptors (Lipinski definition) is 5. The van der Waals surface area contributed by atoms with Crippen LogP contribution < -0.4 is 14.2 Å². The Morgan fingerprint density at radius 3 is 2.55 bits per heavy atom. The van der Waals surface area contributed by atoms with Crippen LogP contribution in [-0.4, -0.2) is 30.8 Å². The highest BCUT2D eigenvalue weighted by Gasteiger charge is 2.30. The van der Waals surface area contributed by atoms with Crippen LogP contribution in [0.15, 0.2) is 54.1 Å². The maximum atomic E-state index is 12.7. The van der Waals surface area contributed by atoms with E-state index in [2.05, 4.69) is 0 Å². The first-order valence-electron chi connectivity index (χ1n) is 10.6. The molecule has 1 N–H and O–H groups in total. The average Bonchev–Trinajstić information content (AvgIpc) is 3.27. The summed E-state index contributed by atoms with van der Waals surface area (Å²) in [4.78, 5) is 24.6. The molecule has 4 rings (SSSR count). The molecular formula is C25H26O6. The van der Waals surface area contributed by atoms with Gasteiger partial charge in [-0.1, -0.05) is 18.9 Å². The van der Waals surface area contributed by atoms with Crippen LogP contribution in [0.25, 0.3) is 0 Å². The van der Waals surface area contributed by atoms with E-state index in [0.29, 0.717) is 17.7 Å². The zero-order valence-electron chi connectivity index (χ0n) is 17.5. The Bertz CT molecular complexity index is 992. The Labute approximate surface area is 181 Å². The minimum Gasteiger partial charge on any atom is -0.497 e. The van der Waals surface area contributed by atoms with Crippen molar-refractivity contribution in [3.8, 4) is 17.2 Å². The predicted octanol–water partition coefficient (Wildman–Crippen LogP) is 4.98. The molecule has 2 aromatic rings. The first-order chi connectivity index (χ1) is 15.0. The summed E-state index contributed by atoms with van der Waals surface area (Å²) in [5, 5.41) is 9.79. The lowest BCUT2D eigenvalue weighted by molar-refractivity contribution is -0.133. The molecule has 0 spiro atoms. The minimum absolute atomic E-state index is 0.151. The van der Waals surface area contributed by atoms with Gasteiger partial charge < -0.3 is 19.3 Å². The molecule has 0 amide bonds. The third kappa shape index (κ3) is 4.74. The van der Waals surface area contributed by atoms with Crippen LogP contribution in [0.2, 0.25) is 0 Å². The summed E-state index contributed by atoms with van der Waals surface area (Å²) in [6, 6.07) is 12.7. The van der Waals surface area contributed by atoms with Crippen LogP contribution in [0.4, 0.5) is 0 Å².